The molecule has 0 fully saturated rings. The van der Waals surface area contributed by atoms with Gasteiger partial charge in [-0.25, -0.2) is 0 Å². The number of rotatable bonds is 5. The summed E-state index contributed by atoms with van der Waals surface area (Å²) in [6.45, 7) is 0. The molecule has 3 heterocycles. The number of thioether (sulfide) groups is 1. The lowest BCUT2D eigenvalue weighted by atomic mass is 9.80. The maximum absolute atomic E-state index is 13.2. The first-order valence-electron chi connectivity index (χ1n) is 9.93. The van der Waals surface area contributed by atoms with Crippen LogP contribution < -0.4 is 4.90 Å². The molecule has 5 rings (SSSR count). The van der Waals surface area contributed by atoms with E-state index < -0.39 is 0 Å². The number of allylic oxidation sites excluding steroid dienone is 2. The third-order valence-electron chi connectivity index (χ3n) is 5.42. The number of halogens is 1. The minimum atomic E-state index is -0.141. The van der Waals surface area contributed by atoms with Crippen LogP contribution in [0.5, 0.6) is 0 Å². The van der Waals surface area contributed by atoms with E-state index >= 15 is 0 Å². The van der Waals surface area contributed by atoms with Crippen molar-refractivity contribution in [3.8, 4) is 0 Å². The number of anilines is 1. The number of hydrogen-bond donors (Lipinski definition) is 0. The highest BCUT2D eigenvalue weighted by molar-refractivity contribution is 8.00. The minimum absolute atomic E-state index is 0.0164. The van der Waals surface area contributed by atoms with Crippen LogP contribution in [0.4, 0.5) is 5.13 Å². The summed E-state index contributed by atoms with van der Waals surface area (Å²) in [6.07, 6.45) is 2.30. The standard InChI is InChI=1S/C22H18ClN3O2S3/c23-14-8-6-13(7-9-14)12-30-22-25-24-21(31-22)26-16-3-1-4-17(27)20(16)15(11-19(26)28)18-5-2-10-29-18/h2,5-10,15H,1,3-4,11-12H2/t15-/m1/s1. The van der Waals surface area contributed by atoms with Gasteiger partial charge in [-0.2, -0.15) is 0 Å². The van der Waals surface area contributed by atoms with E-state index in [-0.39, 0.29) is 24.0 Å². The molecule has 158 valence electrons. The zero-order chi connectivity index (χ0) is 21.4. The summed E-state index contributed by atoms with van der Waals surface area (Å²) in [7, 11) is 0. The summed E-state index contributed by atoms with van der Waals surface area (Å²) in [6, 6.07) is 11.7. The van der Waals surface area contributed by atoms with Crippen LogP contribution in [0.1, 0.15) is 42.0 Å². The fourth-order valence-electron chi connectivity index (χ4n) is 4.02. The Morgan fingerprint density at radius 3 is 2.74 bits per heavy atom. The minimum Gasteiger partial charge on any atom is -0.294 e. The Bertz CT molecular complexity index is 1160. The van der Waals surface area contributed by atoms with Crippen LogP contribution in [0.2, 0.25) is 5.02 Å². The SMILES string of the molecule is O=C1CCCC2=C1[C@@H](c1cccs1)CC(=O)N2c1nnc(SCc2ccc(Cl)cc2)s1. The van der Waals surface area contributed by atoms with E-state index in [9.17, 15) is 9.59 Å². The normalized spacial score (nSPS) is 19.1. The van der Waals surface area contributed by atoms with Crippen LogP contribution in [0.15, 0.2) is 57.4 Å². The number of Topliss-reactive ketones (excluding diaryl/α,β-unsaturated/α-hetero) is 1. The number of nitrogens with zero attached hydrogens (tertiary/aromatic N) is 3. The molecule has 3 aromatic rings. The van der Waals surface area contributed by atoms with Gasteiger partial charge in [0, 0.05) is 45.7 Å². The van der Waals surface area contributed by atoms with E-state index in [2.05, 4.69) is 10.2 Å². The van der Waals surface area contributed by atoms with Crippen LogP contribution >= 0.6 is 46.0 Å². The molecule has 1 aromatic carbocycles. The maximum atomic E-state index is 13.2. The lowest BCUT2D eigenvalue weighted by Gasteiger charge is -2.36. The van der Waals surface area contributed by atoms with Crippen molar-refractivity contribution in [3.63, 3.8) is 0 Å². The topological polar surface area (TPSA) is 63.2 Å². The fourth-order valence-corrected chi connectivity index (χ4v) is 6.83. The van der Waals surface area contributed by atoms with Crippen molar-refractivity contribution < 1.29 is 9.59 Å². The Morgan fingerprint density at radius 1 is 1.13 bits per heavy atom. The zero-order valence-electron chi connectivity index (χ0n) is 16.4. The predicted molar refractivity (Wildman–Crippen MR) is 126 cm³/mol. The van der Waals surface area contributed by atoms with Crippen molar-refractivity contribution in [1.82, 2.24) is 10.2 Å². The molecule has 1 atom stereocenters. The number of thiophene rings is 1. The first kappa shape index (κ1) is 20.9. The van der Waals surface area contributed by atoms with Crippen LogP contribution in [0.3, 0.4) is 0 Å². The molecule has 0 bridgehead atoms. The lowest BCUT2D eigenvalue weighted by Crippen LogP contribution is -2.40. The number of benzene rings is 1. The van der Waals surface area contributed by atoms with Gasteiger partial charge in [-0.3, -0.25) is 14.5 Å². The Labute approximate surface area is 197 Å². The summed E-state index contributed by atoms with van der Waals surface area (Å²) >= 11 is 10.5. The number of aromatic nitrogens is 2. The van der Waals surface area contributed by atoms with Gasteiger partial charge in [-0.15, -0.1) is 21.5 Å². The summed E-state index contributed by atoms with van der Waals surface area (Å²) in [4.78, 5) is 28.8. The Balaban J connectivity index is 1.42. The largest absolute Gasteiger partial charge is 0.294 e. The molecule has 0 unspecified atom stereocenters. The molecule has 0 radical (unpaired) electrons. The Morgan fingerprint density at radius 2 is 1.97 bits per heavy atom. The highest BCUT2D eigenvalue weighted by Gasteiger charge is 2.41. The second-order valence-corrected chi connectivity index (χ2v) is 11.0. The van der Waals surface area contributed by atoms with Gasteiger partial charge >= 0.3 is 0 Å². The van der Waals surface area contributed by atoms with E-state index in [4.69, 9.17) is 11.6 Å². The molecule has 0 N–H and O–H groups in total. The molecular weight excluding hydrogens is 470 g/mol. The molecule has 0 saturated heterocycles. The van der Waals surface area contributed by atoms with Gasteiger partial charge in [0.25, 0.3) is 0 Å². The molecule has 5 nitrogen and oxygen atoms in total. The summed E-state index contributed by atoms with van der Waals surface area (Å²) in [5.41, 5.74) is 2.75. The van der Waals surface area contributed by atoms with Crippen molar-refractivity contribution >= 4 is 62.9 Å². The van der Waals surface area contributed by atoms with Crippen molar-refractivity contribution in [2.24, 2.45) is 0 Å². The molecule has 2 aliphatic rings. The lowest BCUT2D eigenvalue weighted by molar-refractivity contribution is -0.119. The van der Waals surface area contributed by atoms with E-state index in [1.807, 2.05) is 41.8 Å². The van der Waals surface area contributed by atoms with Crippen molar-refractivity contribution in [2.75, 3.05) is 4.90 Å². The van der Waals surface area contributed by atoms with Gasteiger partial charge in [0.05, 0.1) is 0 Å². The molecule has 9 heteroatoms. The van der Waals surface area contributed by atoms with Crippen LogP contribution in [-0.2, 0) is 15.3 Å². The monoisotopic (exact) mass is 487 g/mol. The number of hydrogen-bond acceptors (Lipinski definition) is 7. The number of carbonyl (C=O) groups is 2. The quantitative estimate of drug-likeness (QED) is 0.322. The molecular formula is C22H18ClN3O2S3. The second kappa shape index (κ2) is 8.86. The molecule has 2 aromatic heterocycles. The van der Waals surface area contributed by atoms with Gasteiger partial charge < -0.3 is 0 Å². The zero-order valence-corrected chi connectivity index (χ0v) is 19.6. The molecule has 1 aliphatic heterocycles. The van der Waals surface area contributed by atoms with Crippen LogP contribution in [-0.4, -0.2) is 21.9 Å². The Kier molecular flexibility index (Phi) is 5.97. The smallest absolute Gasteiger partial charge is 0.234 e. The number of amides is 1. The van der Waals surface area contributed by atoms with Crippen molar-refractivity contribution in [1.29, 1.82) is 0 Å². The Hall–Kier alpha value is -2.00. The van der Waals surface area contributed by atoms with Gasteiger partial charge in [0.1, 0.15) is 0 Å². The van der Waals surface area contributed by atoms with Gasteiger partial charge in [0.15, 0.2) is 10.1 Å². The van der Waals surface area contributed by atoms with Gasteiger partial charge in [-0.05, 0) is 42.0 Å². The highest BCUT2D eigenvalue weighted by Crippen LogP contribution is 2.45. The van der Waals surface area contributed by atoms with Crippen molar-refractivity contribution in [3.05, 3.63) is 68.5 Å². The molecule has 0 spiro atoms. The van der Waals surface area contributed by atoms with Crippen LogP contribution in [0, 0.1) is 0 Å². The van der Waals surface area contributed by atoms with E-state index in [0.29, 0.717) is 23.0 Å². The average Bonchev–Trinajstić information content (AvgIpc) is 3.45. The van der Waals surface area contributed by atoms with E-state index in [1.54, 1.807) is 28.0 Å². The summed E-state index contributed by atoms with van der Waals surface area (Å²) in [5.74, 6) is 0.738. The molecule has 31 heavy (non-hydrogen) atoms. The van der Waals surface area contributed by atoms with Gasteiger partial charge in [0.2, 0.25) is 11.0 Å². The predicted octanol–water partition coefficient (Wildman–Crippen LogP) is 6.07. The molecule has 1 amide bonds. The average molecular weight is 488 g/mol. The first-order valence-corrected chi connectivity index (χ1v) is 13.0. The van der Waals surface area contributed by atoms with E-state index in [1.165, 1.54) is 11.3 Å². The van der Waals surface area contributed by atoms with Crippen molar-refractivity contribution in [2.45, 2.75) is 41.7 Å². The molecule has 0 saturated carbocycles. The van der Waals surface area contributed by atoms with E-state index in [0.717, 1.165) is 38.2 Å². The summed E-state index contributed by atoms with van der Waals surface area (Å²) in [5, 5.41) is 11.9. The molecule has 1 aliphatic carbocycles. The first-order chi connectivity index (χ1) is 15.1. The second-order valence-electron chi connectivity index (χ2n) is 7.40. The number of carbonyl (C=O) groups excluding carboxylic acids is 2. The third-order valence-corrected chi connectivity index (χ3v) is 8.78. The van der Waals surface area contributed by atoms with Gasteiger partial charge in [-0.1, -0.05) is 52.9 Å². The fraction of sp³-hybridized carbons (Fsp3) is 0.273. The van der Waals surface area contributed by atoms with Crippen LogP contribution in [0.25, 0.3) is 0 Å². The maximum Gasteiger partial charge on any atom is 0.234 e. The number of ketones is 1. The highest BCUT2D eigenvalue weighted by atomic mass is 35.5. The summed E-state index contributed by atoms with van der Waals surface area (Å²) < 4.78 is 0.794. The third kappa shape index (κ3) is 4.22.